The van der Waals surface area contributed by atoms with Crippen LogP contribution in [0.2, 0.25) is 0 Å². The lowest BCUT2D eigenvalue weighted by molar-refractivity contribution is 0.626. The van der Waals surface area contributed by atoms with Gasteiger partial charge in [-0.15, -0.1) is 0 Å². The SMILES string of the molecule is CN(CCc1ccncc1)c1ccc(F)cc1CBr. The number of benzene rings is 1. The molecule has 0 N–H and O–H groups in total. The number of likely N-dealkylation sites (N-methyl/N-ethyl adjacent to an activating group) is 1. The molecule has 1 heterocycles. The predicted octanol–water partition coefficient (Wildman–Crippen LogP) is 3.79. The number of hydrogen-bond acceptors (Lipinski definition) is 2. The van der Waals surface area contributed by atoms with Crippen molar-refractivity contribution in [2.75, 3.05) is 18.5 Å². The first-order valence-corrected chi connectivity index (χ1v) is 7.27. The Balaban J connectivity index is 2.05. The van der Waals surface area contributed by atoms with Gasteiger partial charge in [0.25, 0.3) is 0 Å². The number of rotatable bonds is 5. The zero-order valence-corrected chi connectivity index (χ0v) is 12.4. The fraction of sp³-hybridized carbons (Fsp3) is 0.267. The van der Waals surface area contributed by atoms with Crippen LogP contribution in [-0.2, 0) is 11.8 Å². The molecule has 0 saturated heterocycles. The van der Waals surface area contributed by atoms with Gasteiger partial charge in [0.15, 0.2) is 0 Å². The molecule has 0 bridgehead atoms. The lowest BCUT2D eigenvalue weighted by Gasteiger charge is -2.22. The van der Waals surface area contributed by atoms with Crippen molar-refractivity contribution in [2.24, 2.45) is 0 Å². The molecule has 0 amide bonds. The van der Waals surface area contributed by atoms with Crippen molar-refractivity contribution in [3.63, 3.8) is 0 Å². The Kier molecular flexibility index (Phi) is 4.91. The van der Waals surface area contributed by atoms with Gasteiger partial charge in [0.1, 0.15) is 5.82 Å². The van der Waals surface area contributed by atoms with Crippen LogP contribution in [0.5, 0.6) is 0 Å². The first-order chi connectivity index (χ1) is 9.20. The minimum absolute atomic E-state index is 0.194. The Morgan fingerprint density at radius 1 is 1.21 bits per heavy atom. The molecule has 2 aromatic rings. The molecule has 0 spiro atoms. The third kappa shape index (κ3) is 3.77. The van der Waals surface area contributed by atoms with Crippen LogP contribution in [0, 0.1) is 5.82 Å². The van der Waals surface area contributed by atoms with Gasteiger partial charge < -0.3 is 4.90 Å². The molecule has 2 rings (SSSR count). The van der Waals surface area contributed by atoms with E-state index in [9.17, 15) is 4.39 Å². The molecule has 0 aliphatic heterocycles. The monoisotopic (exact) mass is 322 g/mol. The molecule has 4 heteroatoms. The number of anilines is 1. The molecule has 0 radical (unpaired) electrons. The standard InChI is InChI=1S/C15H16BrFN2/c1-19(9-6-12-4-7-18-8-5-12)15-3-2-14(17)10-13(15)11-16/h2-5,7-8,10H,6,9,11H2,1H3. The number of nitrogens with zero attached hydrogens (tertiary/aromatic N) is 2. The molecular weight excluding hydrogens is 307 g/mol. The summed E-state index contributed by atoms with van der Waals surface area (Å²) in [5, 5.41) is 0.652. The molecule has 1 aromatic heterocycles. The van der Waals surface area contributed by atoms with E-state index in [1.165, 1.54) is 11.6 Å². The molecule has 0 aliphatic rings. The average molecular weight is 323 g/mol. The maximum atomic E-state index is 13.2. The second kappa shape index (κ2) is 6.66. The molecule has 0 fully saturated rings. The van der Waals surface area contributed by atoms with Gasteiger partial charge in [-0.05, 0) is 47.9 Å². The van der Waals surface area contributed by atoms with E-state index in [1.54, 1.807) is 18.5 Å². The van der Waals surface area contributed by atoms with Crippen LogP contribution in [-0.4, -0.2) is 18.6 Å². The van der Waals surface area contributed by atoms with Crippen molar-refractivity contribution in [3.8, 4) is 0 Å². The first kappa shape index (κ1) is 14.0. The molecule has 0 aliphatic carbocycles. The Morgan fingerprint density at radius 2 is 1.95 bits per heavy atom. The molecule has 19 heavy (non-hydrogen) atoms. The zero-order valence-electron chi connectivity index (χ0n) is 10.8. The molecule has 0 unspecified atom stereocenters. The summed E-state index contributed by atoms with van der Waals surface area (Å²) in [5.74, 6) is -0.194. The van der Waals surface area contributed by atoms with Crippen molar-refractivity contribution in [1.29, 1.82) is 0 Å². The maximum Gasteiger partial charge on any atom is 0.123 e. The highest BCUT2D eigenvalue weighted by atomic mass is 79.9. The Morgan fingerprint density at radius 3 is 2.63 bits per heavy atom. The van der Waals surface area contributed by atoms with Crippen molar-refractivity contribution in [2.45, 2.75) is 11.8 Å². The smallest absolute Gasteiger partial charge is 0.123 e. The summed E-state index contributed by atoms with van der Waals surface area (Å²) < 4.78 is 13.2. The Hall–Kier alpha value is -1.42. The lowest BCUT2D eigenvalue weighted by atomic mass is 10.1. The molecule has 1 aromatic carbocycles. The van der Waals surface area contributed by atoms with E-state index in [-0.39, 0.29) is 5.82 Å². The first-order valence-electron chi connectivity index (χ1n) is 6.15. The van der Waals surface area contributed by atoms with E-state index in [0.29, 0.717) is 5.33 Å². The minimum atomic E-state index is -0.194. The number of pyridine rings is 1. The van der Waals surface area contributed by atoms with Gasteiger partial charge in [-0.3, -0.25) is 4.98 Å². The van der Waals surface area contributed by atoms with Crippen LogP contribution < -0.4 is 4.90 Å². The second-order valence-electron chi connectivity index (χ2n) is 4.43. The summed E-state index contributed by atoms with van der Waals surface area (Å²) in [7, 11) is 2.03. The summed E-state index contributed by atoms with van der Waals surface area (Å²) in [5.41, 5.74) is 3.29. The molecule has 100 valence electrons. The third-order valence-electron chi connectivity index (χ3n) is 3.08. The lowest BCUT2D eigenvalue weighted by Crippen LogP contribution is -2.21. The Labute approximate surface area is 121 Å². The van der Waals surface area contributed by atoms with Crippen LogP contribution in [0.25, 0.3) is 0 Å². The summed E-state index contributed by atoms with van der Waals surface area (Å²) in [4.78, 5) is 6.16. The van der Waals surface area contributed by atoms with Crippen molar-refractivity contribution in [1.82, 2.24) is 4.98 Å². The van der Waals surface area contributed by atoms with Crippen LogP contribution in [0.1, 0.15) is 11.1 Å². The number of hydrogen-bond donors (Lipinski definition) is 0. The maximum absolute atomic E-state index is 13.2. The van der Waals surface area contributed by atoms with Gasteiger partial charge in [-0.2, -0.15) is 0 Å². The summed E-state index contributed by atoms with van der Waals surface area (Å²) >= 11 is 3.41. The van der Waals surface area contributed by atoms with E-state index < -0.39 is 0 Å². The van der Waals surface area contributed by atoms with Crippen LogP contribution >= 0.6 is 15.9 Å². The highest BCUT2D eigenvalue weighted by molar-refractivity contribution is 9.08. The molecule has 0 saturated carbocycles. The van der Waals surface area contributed by atoms with E-state index >= 15 is 0 Å². The normalized spacial score (nSPS) is 10.5. The van der Waals surface area contributed by atoms with Gasteiger partial charge in [-0.1, -0.05) is 15.9 Å². The van der Waals surface area contributed by atoms with E-state index in [4.69, 9.17) is 0 Å². The van der Waals surface area contributed by atoms with Gasteiger partial charge in [0.2, 0.25) is 0 Å². The van der Waals surface area contributed by atoms with E-state index in [0.717, 1.165) is 24.2 Å². The topological polar surface area (TPSA) is 16.1 Å². The number of alkyl halides is 1. The average Bonchev–Trinajstić information content (AvgIpc) is 2.45. The predicted molar refractivity (Wildman–Crippen MR) is 80.2 cm³/mol. The Bertz CT molecular complexity index is 531. The fourth-order valence-corrected chi connectivity index (χ4v) is 2.45. The quantitative estimate of drug-likeness (QED) is 0.778. The number of halogens is 2. The highest BCUT2D eigenvalue weighted by Crippen LogP contribution is 2.23. The zero-order chi connectivity index (χ0) is 13.7. The second-order valence-corrected chi connectivity index (χ2v) is 4.99. The van der Waals surface area contributed by atoms with Crippen molar-refractivity contribution < 1.29 is 4.39 Å². The van der Waals surface area contributed by atoms with Crippen LogP contribution in [0.15, 0.2) is 42.7 Å². The van der Waals surface area contributed by atoms with Crippen LogP contribution in [0.4, 0.5) is 10.1 Å². The molecule has 0 atom stereocenters. The largest absolute Gasteiger partial charge is 0.374 e. The minimum Gasteiger partial charge on any atom is -0.374 e. The third-order valence-corrected chi connectivity index (χ3v) is 3.69. The summed E-state index contributed by atoms with van der Waals surface area (Å²) in [6.07, 6.45) is 4.55. The van der Waals surface area contributed by atoms with Gasteiger partial charge >= 0.3 is 0 Å². The van der Waals surface area contributed by atoms with Gasteiger partial charge in [0, 0.05) is 37.0 Å². The summed E-state index contributed by atoms with van der Waals surface area (Å²) in [6, 6.07) is 8.95. The van der Waals surface area contributed by atoms with Gasteiger partial charge in [0.05, 0.1) is 0 Å². The summed E-state index contributed by atoms with van der Waals surface area (Å²) in [6.45, 7) is 0.885. The van der Waals surface area contributed by atoms with Crippen LogP contribution in [0.3, 0.4) is 0 Å². The molecular formula is C15H16BrFN2. The number of aromatic nitrogens is 1. The fourth-order valence-electron chi connectivity index (χ4n) is 2.00. The van der Waals surface area contributed by atoms with Crippen molar-refractivity contribution >= 4 is 21.6 Å². The molecule has 2 nitrogen and oxygen atoms in total. The van der Waals surface area contributed by atoms with Gasteiger partial charge in [-0.25, -0.2) is 4.39 Å². The highest BCUT2D eigenvalue weighted by Gasteiger charge is 2.08. The van der Waals surface area contributed by atoms with E-state index in [2.05, 4.69) is 25.8 Å². The van der Waals surface area contributed by atoms with E-state index in [1.807, 2.05) is 25.2 Å². The van der Waals surface area contributed by atoms with Crippen molar-refractivity contribution in [3.05, 3.63) is 59.7 Å².